The van der Waals surface area contributed by atoms with Gasteiger partial charge in [-0.25, -0.2) is 13.2 Å². The maximum Gasteiger partial charge on any atom is 0.347 e. The van der Waals surface area contributed by atoms with Crippen LogP contribution < -0.4 is 0 Å². The van der Waals surface area contributed by atoms with E-state index in [-0.39, 0.29) is 26.3 Å². The van der Waals surface area contributed by atoms with Gasteiger partial charge in [-0.2, -0.15) is 0 Å². The van der Waals surface area contributed by atoms with Gasteiger partial charge in [-0.3, -0.25) is 0 Å². The molecule has 0 aromatic carbocycles. The Morgan fingerprint density at radius 1 is 1.22 bits per heavy atom. The van der Waals surface area contributed by atoms with E-state index >= 15 is 0 Å². The molecule has 0 aliphatic heterocycles. The molecule has 0 radical (unpaired) electrons. The normalized spacial score (nSPS) is 12.9. The van der Waals surface area contributed by atoms with E-state index in [1.807, 2.05) is 0 Å². The van der Waals surface area contributed by atoms with E-state index in [9.17, 15) is 13.2 Å². The molecule has 0 bridgehead atoms. The lowest BCUT2D eigenvalue weighted by atomic mass is 10.4. The molecular formula is C10H17NO6S. The van der Waals surface area contributed by atoms with Crippen LogP contribution in [0.25, 0.3) is 0 Å². The predicted octanol–water partition coefficient (Wildman–Crippen LogP) is -1.20. The number of aliphatic hydroxyl groups is 2. The van der Waals surface area contributed by atoms with Crippen molar-refractivity contribution in [1.29, 1.82) is 0 Å². The molecule has 7 nitrogen and oxygen atoms in total. The SMILES string of the molecule is CS(=O)(=O)/C(=C\C=C\N(CCO)CCO)C(=O)O. The fraction of sp³-hybridized carbons (Fsp3) is 0.500. The molecule has 0 aliphatic rings. The van der Waals surface area contributed by atoms with Gasteiger partial charge in [0.05, 0.1) is 13.2 Å². The first kappa shape index (κ1) is 16.6. The lowest BCUT2D eigenvalue weighted by Crippen LogP contribution is -2.24. The molecule has 0 atom stereocenters. The summed E-state index contributed by atoms with van der Waals surface area (Å²) in [6.45, 7) is 0.246. The Hall–Kier alpha value is -1.38. The van der Waals surface area contributed by atoms with E-state index in [1.165, 1.54) is 17.2 Å². The van der Waals surface area contributed by atoms with Crippen molar-refractivity contribution in [3.8, 4) is 0 Å². The summed E-state index contributed by atoms with van der Waals surface area (Å²) < 4.78 is 22.2. The maximum absolute atomic E-state index is 11.1. The lowest BCUT2D eigenvalue weighted by Gasteiger charge is -2.16. The zero-order chi connectivity index (χ0) is 14.2. The van der Waals surface area contributed by atoms with Crippen molar-refractivity contribution < 1.29 is 28.5 Å². The Morgan fingerprint density at radius 3 is 2.06 bits per heavy atom. The highest BCUT2D eigenvalue weighted by Crippen LogP contribution is 2.05. The van der Waals surface area contributed by atoms with Crippen LogP contribution in [0, 0.1) is 0 Å². The summed E-state index contributed by atoms with van der Waals surface area (Å²) in [7, 11) is -3.79. The molecule has 0 amide bonds. The van der Waals surface area contributed by atoms with Gasteiger partial charge in [0.15, 0.2) is 14.7 Å². The number of carbonyl (C=O) groups is 1. The first-order valence-electron chi connectivity index (χ1n) is 5.10. The average molecular weight is 279 g/mol. The molecule has 3 N–H and O–H groups in total. The number of nitrogens with zero attached hydrogens (tertiary/aromatic N) is 1. The highest BCUT2D eigenvalue weighted by Gasteiger charge is 2.18. The number of hydrogen-bond donors (Lipinski definition) is 3. The van der Waals surface area contributed by atoms with Gasteiger partial charge in [-0.05, 0) is 18.4 Å². The fourth-order valence-corrected chi connectivity index (χ4v) is 1.77. The predicted molar refractivity (Wildman–Crippen MR) is 65.4 cm³/mol. The van der Waals surface area contributed by atoms with Crippen molar-refractivity contribution in [1.82, 2.24) is 4.90 Å². The van der Waals surface area contributed by atoms with Crippen molar-refractivity contribution >= 4 is 15.8 Å². The number of sulfone groups is 1. The van der Waals surface area contributed by atoms with Crippen molar-refractivity contribution in [2.45, 2.75) is 0 Å². The molecule has 18 heavy (non-hydrogen) atoms. The Bertz CT molecular complexity index is 420. The largest absolute Gasteiger partial charge is 0.477 e. The molecule has 8 heteroatoms. The summed E-state index contributed by atoms with van der Waals surface area (Å²) in [4.78, 5) is 11.5. The Labute approximate surface area is 106 Å². The monoisotopic (exact) mass is 279 g/mol. The van der Waals surface area contributed by atoms with E-state index in [2.05, 4.69) is 0 Å². The average Bonchev–Trinajstić information content (AvgIpc) is 2.22. The molecule has 0 saturated heterocycles. The van der Waals surface area contributed by atoms with Crippen LogP contribution in [0.15, 0.2) is 23.3 Å². The minimum Gasteiger partial charge on any atom is -0.477 e. The Kier molecular flexibility index (Phi) is 7.25. The van der Waals surface area contributed by atoms with Crippen molar-refractivity contribution in [2.24, 2.45) is 0 Å². The van der Waals surface area contributed by atoms with Crippen LogP contribution in [-0.2, 0) is 14.6 Å². The van der Waals surface area contributed by atoms with Gasteiger partial charge in [-0.15, -0.1) is 0 Å². The zero-order valence-corrected chi connectivity index (χ0v) is 10.8. The second kappa shape index (κ2) is 7.85. The zero-order valence-electron chi connectivity index (χ0n) is 9.98. The highest BCUT2D eigenvalue weighted by atomic mass is 32.2. The van der Waals surface area contributed by atoms with Crippen LogP contribution in [0.1, 0.15) is 0 Å². The number of aliphatic hydroxyl groups excluding tert-OH is 2. The van der Waals surface area contributed by atoms with Gasteiger partial charge in [-0.1, -0.05) is 0 Å². The second-order valence-electron chi connectivity index (χ2n) is 3.43. The number of hydrogen-bond acceptors (Lipinski definition) is 6. The number of allylic oxidation sites excluding steroid dienone is 2. The summed E-state index contributed by atoms with van der Waals surface area (Å²) in [5.41, 5.74) is 0. The second-order valence-corrected chi connectivity index (χ2v) is 5.42. The molecular weight excluding hydrogens is 262 g/mol. The molecule has 104 valence electrons. The van der Waals surface area contributed by atoms with Crippen LogP contribution in [0.5, 0.6) is 0 Å². The summed E-state index contributed by atoms with van der Waals surface area (Å²) in [5, 5.41) is 26.2. The molecule has 0 saturated carbocycles. The summed E-state index contributed by atoms with van der Waals surface area (Å²) in [6, 6.07) is 0. The van der Waals surface area contributed by atoms with E-state index < -0.39 is 20.7 Å². The van der Waals surface area contributed by atoms with Gasteiger partial charge in [0.1, 0.15) is 0 Å². The van der Waals surface area contributed by atoms with Gasteiger partial charge in [0.25, 0.3) is 0 Å². The maximum atomic E-state index is 11.1. The third-order valence-corrected chi connectivity index (χ3v) is 3.04. The quantitative estimate of drug-likeness (QED) is 0.377. The van der Waals surface area contributed by atoms with Crippen molar-refractivity contribution in [2.75, 3.05) is 32.6 Å². The van der Waals surface area contributed by atoms with Gasteiger partial charge < -0.3 is 20.2 Å². The topological polar surface area (TPSA) is 115 Å². The van der Waals surface area contributed by atoms with E-state index in [4.69, 9.17) is 15.3 Å². The third-order valence-electron chi connectivity index (χ3n) is 1.93. The van der Waals surface area contributed by atoms with Gasteiger partial charge in [0.2, 0.25) is 0 Å². The van der Waals surface area contributed by atoms with Crippen LogP contribution in [0.4, 0.5) is 0 Å². The van der Waals surface area contributed by atoms with Crippen LogP contribution in [-0.4, -0.2) is 67.2 Å². The minimum absolute atomic E-state index is 0.133. The van der Waals surface area contributed by atoms with Crippen LogP contribution in [0.3, 0.4) is 0 Å². The number of carboxylic acids is 1. The Balaban J connectivity index is 4.89. The molecule has 0 spiro atoms. The number of carboxylic acid groups (broad SMARTS) is 1. The molecule has 0 heterocycles. The molecule has 0 fully saturated rings. The van der Waals surface area contributed by atoms with Crippen LogP contribution >= 0.6 is 0 Å². The highest BCUT2D eigenvalue weighted by molar-refractivity contribution is 7.95. The number of rotatable bonds is 8. The summed E-state index contributed by atoms with van der Waals surface area (Å²) in [6.07, 6.45) is 4.41. The smallest absolute Gasteiger partial charge is 0.347 e. The molecule has 0 unspecified atom stereocenters. The molecule has 0 rings (SSSR count). The lowest BCUT2D eigenvalue weighted by molar-refractivity contribution is -0.131. The van der Waals surface area contributed by atoms with Gasteiger partial charge in [0, 0.05) is 19.3 Å². The number of aliphatic carboxylic acids is 1. The molecule has 0 aromatic rings. The van der Waals surface area contributed by atoms with E-state index in [0.717, 1.165) is 12.3 Å². The van der Waals surface area contributed by atoms with E-state index in [1.54, 1.807) is 0 Å². The summed E-state index contributed by atoms with van der Waals surface area (Å²) in [5.74, 6) is -1.53. The van der Waals surface area contributed by atoms with Crippen molar-refractivity contribution in [3.05, 3.63) is 23.3 Å². The van der Waals surface area contributed by atoms with E-state index in [0.29, 0.717) is 0 Å². The first-order chi connectivity index (χ1) is 8.32. The third kappa shape index (κ3) is 6.38. The fourth-order valence-electron chi connectivity index (χ4n) is 1.12. The van der Waals surface area contributed by atoms with Gasteiger partial charge >= 0.3 is 5.97 Å². The van der Waals surface area contributed by atoms with Crippen molar-refractivity contribution in [3.63, 3.8) is 0 Å². The molecule has 0 aliphatic carbocycles. The molecule has 0 aromatic heterocycles. The summed E-state index contributed by atoms with van der Waals surface area (Å²) >= 11 is 0. The first-order valence-corrected chi connectivity index (χ1v) is 6.99. The Morgan fingerprint density at radius 2 is 1.72 bits per heavy atom. The minimum atomic E-state index is -3.79. The van der Waals surface area contributed by atoms with Crippen LogP contribution in [0.2, 0.25) is 0 Å². The standard InChI is InChI=1S/C10H17NO6S/c1-18(16,17)9(10(14)15)3-2-4-11(5-7-12)6-8-13/h2-4,12-13H,5-8H2,1H3,(H,14,15)/b4-2+,9-3-.